The molecule has 2 rings (SSSR count). The van der Waals surface area contributed by atoms with E-state index in [2.05, 4.69) is 31.1 Å². The van der Waals surface area contributed by atoms with E-state index in [1.807, 2.05) is 16.8 Å². The Bertz CT molecular complexity index is 443. The van der Waals surface area contributed by atoms with Crippen molar-refractivity contribution in [3.05, 3.63) is 35.7 Å². The van der Waals surface area contributed by atoms with Crippen molar-refractivity contribution < 1.29 is 0 Å². The molecule has 0 unspecified atom stereocenters. The molecule has 0 radical (unpaired) electrons. The van der Waals surface area contributed by atoms with Gasteiger partial charge >= 0.3 is 0 Å². The number of aromatic nitrogens is 2. The van der Waals surface area contributed by atoms with E-state index in [4.69, 9.17) is 0 Å². The number of pyridine rings is 1. The Hall–Kier alpha value is -1.31. The second-order valence-electron chi connectivity index (χ2n) is 3.96. The molecule has 80 valence electrons. The first kappa shape index (κ1) is 10.2. The molecule has 0 saturated carbocycles. The van der Waals surface area contributed by atoms with Crippen LogP contribution in [-0.4, -0.2) is 9.61 Å². The van der Waals surface area contributed by atoms with E-state index in [1.54, 1.807) is 0 Å². The molecular weight excluding hydrogens is 184 g/mol. The van der Waals surface area contributed by atoms with Crippen LogP contribution in [0.25, 0.3) is 5.52 Å². The van der Waals surface area contributed by atoms with Crippen LogP contribution in [0.1, 0.15) is 37.9 Å². The first-order valence-electron chi connectivity index (χ1n) is 5.82. The number of aryl methyl sites for hydroxylation is 2. The molecule has 0 saturated heterocycles. The largest absolute Gasteiger partial charge is 0.240 e. The van der Waals surface area contributed by atoms with Gasteiger partial charge in [0, 0.05) is 11.8 Å². The highest BCUT2D eigenvalue weighted by Gasteiger charge is 2.09. The summed E-state index contributed by atoms with van der Waals surface area (Å²) < 4.78 is 2.01. The summed E-state index contributed by atoms with van der Waals surface area (Å²) >= 11 is 0. The van der Waals surface area contributed by atoms with Gasteiger partial charge in [-0.15, -0.1) is 0 Å². The molecule has 2 nitrogen and oxygen atoms in total. The topological polar surface area (TPSA) is 17.3 Å². The van der Waals surface area contributed by atoms with Gasteiger partial charge < -0.3 is 0 Å². The van der Waals surface area contributed by atoms with E-state index in [1.165, 1.54) is 29.6 Å². The molecule has 0 bridgehead atoms. The van der Waals surface area contributed by atoms with Crippen LogP contribution in [0.5, 0.6) is 0 Å². The van der Waals surface area contributed by atoms with Gasteiger partial charge in [-0.1, -0.05) is 32.8 Å². The third kappa shape index (κ3) is 1.89. The van der Waals surface area contributed by atoms with Crippen molar-refractivity contribution in [1.82, 2.24) is 9.61 Å². The molecule has 2 aromatic rings. The normalized spacial score (nSPS) is 11.1. The van der Waals surface area contributed by atoms with Crippen molar-refractivity contribution in [2.75, 3.05) is 0 Å². The lowest BCUT2D eigenvalue weighted by atomic mass is 10.1. The van der Waals surface area contributed by atoms with Gasteiger partial charge in [-0.25, -0.2) is 4.52 Å². The van der Waals surface area contributed by atoms with E-state index >= 15 is 0 Å². The fourth-order valence-electron chi connectivity index (χ4n) is 2.06. The zero-order valence-corrected chi connectivity index (χ0v) is 9.53. The molecular formula is C13H18N2. The third-order valence-corrected chi connectivity index (χ3v) is 2.71. The summed E-state index contributed by atoms with van der Waals surface area (Å²) in [5.41, 5.74) is 4.01. The fourth-order valence-corrected chi connectivity index (χ4v) is 2.06. The van der Waals surface area contributed by atoms with Crippen molar-refractivity contribution in [3.63, 3.8) is 0 Å². The highest BCUT2D eigenvalue weighted by molar-refractivity contribution is 5.56. The molecule has 0 aliphatic carbocycles. The Kier molecular flexibility index (Phi) is 3.05. The summed E-state index contributed by atoms with van der Waals surface area (Å²) in [7, 11) is 0. The number of rotatable bonds is 4. The van der Waals surface area contributed by atoms with Crippen LogP contribution < -0.4 is 0 Å². The fraction of sp³-hybridized carbons (Fsp3) is 0.462. The average Bonchev–Trinajstić information content (AvgIpc) is 2.59. The Balaban J connectivity index is 2.53. The van der Waals surface area contributed by atoms with Gasteiger partial charge in [-0.3, -0.25) is 0 Å². The average molecular weight is 202 g/mol. The summed E-state index contributed by atoms with van der Waals surface area (Å²) in [6, 6.07) is 6.29. The predicted molar refractivity (Wildman–Crippen MR) is 63.2 cm³/mol. The van der Waals surface area contributed by atoms with E-state index in [0.29, 0.717) is 0 Å². The first-order valence-corrected chi connectivity index (χ1v) is 5.82. The van der Waals surface area contributed by atoms with Crippen LogP contribution in [0.4, 0.5) is 0 Å². The van der Waals surface area contributed by atoms with Crippen LogP contribution >= 0.6 is 0 Å². The van der Waals surface area contributed by atoms with Gasteiger partial charge in [0.25, 0.3) is 0 Å². The molecule has 0 N–H and O–H groups in total. The maximum Gasteiger partial charge on any atom is 0.0696 e. The van der Waals surface area contributed by atoms with Crippen LogP contribution in [0.3, 0.4) is 0 Å². The van der Waals surface area contributed by atoms with E-state index in [9.17, 15) is 0 Å². The van der Waals surface area contributed by atoms with Gasteiger partial charge in [0.2, 0.25) is 0 Å². The lowest BCUT2D eigenvalue weighted by Gasteiger charge is -1.98. The van der Waals surface area contributed by atoms with Crippen molar-refractivity contribution >= 4 is 5.52 Å². The Morgan fingerprint density at radius 1 is 1.13 bits per heavy atom. The minimum Gasteiger partial charge on any atom is -0.240 e. The van der Waals surface area contributed by atoms with Gasteiger partial charge in [-0.05, 0) is 25.0 Å². The molecule has 0 fully saturated rings. The molecule has 0 atom stereocenters. The van der Waals surface area contributed by atoms with Crippen molar-refractivity contribution in [1.29, 1.82) is 0 Å². The van der Waals surface area contributed by atoms with E-state index < -0.39 is 0 Å². The highest BCUT2D eigenvalue weighted by Crippen LogP contribution is 2.18. The SMILES string of the molecule is CCCc1nn2ccccc2c1CCC. The highest BCUT2D eigenvalue weighted by atomic mass is 15.2. The summed E-state index contributed by atoms with van der Waals surface area (Å²) in [5, 5.41) is 4.64. The van der Waals surface area contributed by atoms with Gasteiger partial charge in [0.1, 0.15) is 0 Å². The number of nitrogens with zero attached hydrogens (tertiary/aromatic N) is 2. The first-order chi connectivity index (χ1) is 7.36. The molecule has 0 spiro atoms. The summed E-state index contributed by atoms with van der Waals surface area (Å²) in [5.74, 6) is 0. The molecule has 0 aliphatic heterocycles. The lowest BCUT2D eigenvalue weighted by molar-refractivity contribution is 0.818. The maximum atomic E-state index is 4.64. The minimum absolute atomic E-state index is 1.09. The predicted octanol–water partition coefficient (Wildman–Crippen LogP) is 3.24. The third-order valence-electron chi connectivity index (χ3n) is 2.71. The molecule has 0 amide bonds. The Morgan fingerprint density at radius 3 is 2.67 bits per heavy atom. The molecule has 0 aliphatic rings. The second-order valence-corrected chi connectivity index (χ2v) is 3.96. The van der Waals surface area contributed by atoms with Gasteiger partial charge in [0.05, 0.1) is 11.2 Å². The maximum absolute atomic E-state index is 4.64. The minimum atomic E-state index is 1.09. The molecule has 15 heavy (non-hydrogen) atoms. The zero-order chi connectivity index (χ0) is 10.7. The summed E-state index contributed by atoms with van der Waals surface area (Å²) in [4.78, 5) is 0. The van der Waals surface area contributed by atoms with Crippen LogP contribution in [0, 0.1) is 0 Å². The van der Waals surface area contributed by atoms with Crippen molar-refractivity contribution in [2.24, 2.45) is 0 Å². The van der Waals surface area contributed by atoms with Crippen LogP contribution in [0.2, 0.25) is 0 Å². The quantitative estimate of drug-likeness (QED) is 0.744. The monoisotopic (exact) mass is 202 g/mol. The summed E-state index contributed by atoms with van der Waals surface area (Å²) in [6.07, 6.45) is 6.63. The molecule has 2 heterocycles. The number of fused-ring (bicyclic) bond motifs is 1. The van der Waals surface area contributed by atoms with Crippen LogP contribution in [0.15, 0.2) is 24.4 Å². The Morgan fingerprint density at radius 2 is 1.93 bits per heavy atom. The van der Waals surface area contributed by atoms with E-state index in [0.717, 1.165) is 12.8 Å². The lowest BCUT2D eigenvalue weighted by Crippen LogP contribution is -1.91. The standard InChI is InChI=1S/C13H18N2/c1-3-7-11-12(8-4-2)14-15-10-6-5-9-13(11)15/h5-6,9-10H,3-4,7-8H2,1-2H3. The number of hydrogen-bond acceptors (Lipinski definition) is 1. The van der Waals surface area contributed by atoms with Gasteiger partial charge in [0.15, 0.2) is 0 Å². The molecule has 0 aromatic carbocycles. The van der Waals surface area contributed by atoms with E-state index in [-0.39, 0.29) is 0 Å². The van der Waals surface area contributed by atoms with Crippen LogP contribution in [-0.2, 0) is 12.8 Å². The number of hydrogen-bond donors (Lipinski definition) is 0. The summed E-state index contributed by atoms with van der Waals surface area (Å²) in [6.45, 7) is 4.43. The Labute approximate surface area is 90.9 Å². The van der Waals surface area contributed by atoms with Crippen molar-refractivity contribution in [2.45, 2.75) is 39.5 Å². The zero-order valence-electron chi connectivity index (χ0n) is 9.53. The second kappa shape index (κ2) is 4.47. The van der Waals surface area contributed by atoms with Gasteiger partial charge in [-0.2, -0.15) is 5.10 Å². The molecule has 2 heteroatoms. The smallest absolute Gasteiger partial charge is 0.0696 e. The molecule has 2 aromatic heterocycles. The van der Waals surface area contributed by atoms with Crippen molar-refractivity contribution in [3.8, 4) is 0 Å².